The summed E-state index contributed by atoms with van der Waals surface area (Å²) in [5.41, 5.74) is 1.70. The first kappa shape index (κ1) is 24.1. The third kappa shape index (κ3) is 5.23. The lowest BCUT2D eigenvalue weighted by atomic mass is 9.98. The zero-order chi connectivity index (χ0) is 23.1. The van der Waals surface area contributed by atoms with E-state index in [9.17, 15) is 14.7 Å². The van der Waals surface area contributed by atoms with E-state index in [1.807, 2.05) is 18.4 Å². The van der Waals surface area contributed by atoms with E-state index < -0.39 is 17.7 Å². The number of hydrogen-bond acceptors (Lipinski definition) is 5. The third-order valence-electron chi connectivity index (χ3n) is 5.84. The van der Waals surface area contributed by atoms with Crippen LogP contribution in [0.4, 0.5) is 0 Å². The lowest BCUT2D eigenvalue weighted by Gasteiger charge is -2.24. The van der Waals surface area contributed by atoms with Crippen LogP contribution >= 0.6 is 11.3 Å². The number of ketones is 1. The van der Waals surface area contributed by atoms with Crippen molar-refractivity contribution < 1.29 is 19.4 Å². The number of rotatable bonds is 11. The highest BCUT2D eigenvalue weighted by atomic mass is 32.1. The van der Waals surface area contributed by atoms with Gasteiger partial charge in [-0.05, 0) is 61.0 Å². The van der Waals surface area contributed by atoms with E-state index in [1.54, 1.807) is 29.2 Å². The molecule has 1 N–H and O–H groups in total. The zero-order valence-electron chi connectivity index (χ0n) is 19.2. The molecule has 0 saturated carbocycles. The van der Waals surface area contributed by atoms with Gasteiger partial charge in [-0.15, -0.1) is 11.3 Å². The van der Waals surface area contributed by atoms with Gasteiger partial charge < -0.3 is 14.7 Å². The lowest BCUT2D eigenvalue weighted by molar-refractivity contribution is -0.139. The molecule has 5 nitrogen and oxygen atoms in total. The molecule has 1 aromatic heterocycles. The molecule has 1 atom stereocenters. The van der Waals surface area contributed by atoms with Gasteiger partial charge in [-0.1, -0.05) is 39.5 Å². The van der Waals surface area contributed by atoms with Crippen LogP contribution in [0.25, 0.3) is 5.76 Å². The normalized spacial score (nSPS) is 17.8. The summed E-state index contributed by atoms with van der Waals surface area (Å²) in [7, 11) is 0. The van der Waals surface area contributed by atoms with Gasteiger partial charge in [0.05, 0.1) is 18.2 Å². The van der Waals surface area contributed by atoms with E-state index in [0.29, 0.717) is 18.7 Å². The molecule has 172 valence electrons. The number of aliphatic hydroxyl groups is 1. The Morgan fingerprint density at radius 2 is 1.72 bits per heavy atom. The molecule has 2 aromatic rings. The van der Waals surface area contributed by atoms with Gasteiger partial charge in [0, 0.05) is 17.0 Å². The average Bonchev–Trinajstić information content (AvgIpc) is 3.32. The Bertz CT molecular complexity index is 960. The summed E-state index contributed by atoms with van der Waals surface area (Å²) in [6.07, 6.45) is 6.10. The van der Waals surface area contributed by atoms with Crippen molar-refractivity contribution in [3.63, 3.8) is 0 Å². The third-order valence-corrected chi connectivity index (χ3v) is 6.91. The van der Waals surface area contributed by atoms with Gasteiger partial charge in [0.25, 0.3) is 11.7 Å². The summed E-state index contributed by atoms with van der Waals surface area (Å²) in [6.45, 7) is 7.38. The van der Waals surface area contributed by atoms with Gasteiger partial charge in [0.15, 0.2) is 0 Å². The summed E-state index contributed by atoms with van der Waals surface area (Å²) in [4.78, 5) is 28.5. The maximum atomic E-state index is 13.0. The molecule has 1 aliphatic heterocycles. The van der Waals surface area contributed by atoms with Gasteiger partial charge in [-0.2, -0.15) is 0 Å². The van der Waals surface area contributed by atoms with Crippen molar-refractivity contribution in [2.75, 3.05) is 13.2 Å². The number of unbranched alkanes of at least 4 members (excludes halogenated alkanes) is 4. The predicted molar refractivity (Wildman–Crippen MR) is 129 cm³/mol. The predicted octanol–water partition coefficient (Wildman–Crippen LogP) is 6.24. The van der Waals surface area contributed by atoms with Crippen molar-refractivity contribution in [2.45, 2.75) is 65.3 Å². The topological polar surface area (TPSA) is 66.8 Å². The minimum Gasteiger partial charge on any atom is -0.507 e. The molecule has 0 aliphatic carbocycles. The second-order valence-corrected chi connectivity index (χ2v) is 9.20. The Kier molecular flexibility index (Phi) is 8.51. The van der Waals surface area contributed by atoms with Gasteiger partial charge in [-0.3, -0.25) is 9.59 Å². The highest BCUT2D eigenvalue weighted by Gasteiger charge is 2.46. The fraction of sp³-hybridized carbons (Fsp3) is 0.462. The van der Waals surface area contributed by atoms with E-state index >= 15 is 0 Å². The number of ether oxygens (including phenoxy) is 1. The molecular formula is C26H33NO4S. The Balaban J connectivity index is 1.92. The first-order chi connectivity index (χ1) is 15.5. The first-order valence-electron chi connectivity index (χ1n) is 11.5. The number of thiophene rings is 1. The zero-order valence-corrected chi connectivity index (χ0v) is 20.0. The maximum Gasteiger partial charge on any atom is 0.295 e. The van der Waals surface area contributed by atoms with Crippen molar-refractivity contribution in [1.29, 1.82) is 0 Å². The van der Waals surface area contributed by atoms with Gasteiger partial charge in [-0.25, -0.2) is 0 Å². The summed E-state index contributed by atoms with van der Waals surface area (Å²) < 4.78 is 5.75. The smallest absolute Gasteiger partial charge is 0.295 e. The minimum absolute atomic E-state index is 0.128. The van der Waals surface area contributed by atoms with Crippen molar-refractivity contribution in [3.05, 3.63) is 57.3 Å². The Hall–Kier alpha value is -2.60. The number of nitrogens with zero attached hydrogens (tertiary/aromatic N) is 1. The summed E-state index contributed by atoms with van der Waals surface area (Å²) in [6, 6.07) is 8.52. The van der Waals surface area contributed by atoms with Gasteiger partial charge >= 0.3 is 0 Å². The molecule has 1 amide bonds. The van der Waals surface area contributed by atoms with Crippen LogP contribution in [-0.4, -0.2) is 34.8 Å². The highest BCUT2D eigenvalue weighted by Crippen LogP contribution is 2.42. The standard InChI is InChI=1S/C26H33NO4S/c1-4-6-8-15-27-22(25-18(3)14-17-32-25)21(24(29)26(27)30)23(28)19-10-12-20(13-11-19)31-16-9-7-5-2/h10-14,17,22,28H,4-9,15-16H2,1-3H3/b23-21-. The monoisotopic (exact) mass is 455 g/mol. The molecule has 32 heavy (non-hydrogen) atoms. The molecule has 1 aromatic carbocycles. The highest BCUT2D eigenvalue weighted by molar-refractivity contribution is 7.10. The molecule has 0 radical (unpaired) electrons. The Morgan fingerprint density at radius 1 is 1.03 bits per heavy atom. The Morgan fingerprint density at radius 3 is 2.34 bits per heavy atom. The number of amides is 1. The molecule has 6 heteroatoms. The average molecular weight is 456 g/mol. The fourth-order valence-corrected chi connectivity index (χ4v) is 5.03. The number of carbonyl (C=O) groups is 2. The number of aryl methyl sites for hydroxylation is 1. The van der Waals surface area contributed by atoms with Crippen LogP contribution in [0.1, 0.15) is 74.4 Å². The second kappa shape index (κ2) is 11.3. The van der Waals surface area contributed by atoms with E-state index in [4.69, 9.17) is 4.74 Å². The van der Waals surface area contributed by atoms with E-state index in [-0.39, 0.29) is 11.3 Å². The Labute approximate surface area is 194 Å². The van der Waals surface area contributed by atoms with Crippen LogP contribution in [-0.2, 0) is 9.59 Å². The molecule has 3 rings (SSSR count). The van der Waals surface area contributed by atoms with Crippen molar-refractivity contribution in [3.8, 4) is 5.75 Å². The van der Waals surface area contributed by atoms with Crippen LogP contribution in [0, 0.1) is 6.92 Å². The van der Waals surface area contributed by atoms with E-state index in [2.05, 4.69) is 13.8 Å². The summed E-state index contributed by atoms with van der Waals surface area (Å²) in [5.74, 6) is -0.548. The molecule has 0 spiro atoms. The summed E-state index contributed by atoms with van der Waals surface area (Å²) >= 11 is 1.51. The van der Waals surface area contributed by atoms with Crippen LogP contribution in [0.5, 0.6) is 5.75 Å². The van der Waals surface area contributed by atoms with Crippen molar-refractivity contribution in [1.82, 2.24) is 4.90 Å². The largest absolute Gasteiger partial charge is 0.507 e. The second-order valence-electron chi connectivity index (χ2n) is 8.25. The van der Waals surface area contributed by atoms with Crippen molar-refractivity contribution in [2.24, 2.45) is 0 Å². The molecular weight excluding hydrogens is 422 g/mol. The number of Topliss-reactive ketones (excluding diaryl/α,β-unsaturated/α-hetero) is 1. The van der Waals surface area contributed by atoms with Gasteiger partial charge in [0.2, 0.25) is 0 Å². The number of aliphatic hydroxyl groups excluding tert-OH is 1. The minimum atomic E-state index is -0.614. The molecule has 0 bridgehead atoms. The molecule has 1 aliphatic rings. The molecule has 1 fully saturated rings. The maximum absolute atomic E-state index is 13.0. The van der Waals surface area contributed by atoms with Crippen LogP contribution < -0.4 is 4.74 Å². The lowest BCUT2D eigenvalue weighted by Crippen LogP contribution is -2.30. The van der Waals surface area contributed by atoms with Crippen LogP contribution in [0.2, 0.25) is 0 Å². The van der Waals surface area contributed by atoms with Gasteiger partial charge in [0.1, 0.15) is 11.5 Å². The first-order valence-corrected chi connectivity index (χ1v) is 12.4. The van der Waals surface area contributed by atoms with E-state index in [1.165, 1.54) is 11.3 Å². The summed E-state index contributed by atoms with van der Waals surface area (Å²) in [5, 5.41) is 13.1. The number of hydrogen-bond donors (Lipinski definition) is 1. The number of benzene rings is 1. The molecule has 1 saturated heterocycles. The van der Waals surface area contributed by atoms with Crippen LogP contribution in [0.3, 0.4) is 0 Å². The van der Waals surface area contributed by atoms with E-state index in [0.717, 1.165) is 54.7 Å². The quantitative estimate of drug-likeness (QED) is 0.189. The SMILES string of the molecule is CCCCCOc1ccc(/C(O)=C2/C(=O)C(=O)N(CCCCC)C2c2sccc2C)cc1. The number of likely N-dealkylation sites (tertiary alicyclic amines) is 1. The molecule has 1 unspecified atom stereocenters. The number of carbonyl (C=O) groups excluding carboxylic acids is 2. The fourth-order valence-electron chi connectivity index (χ4n) is 3.99. The van der Waals surface area contributed by atoms with Crippen LogP contribution in [0.15, 0.2) is 41.3 Å². The van der Waals surface area contributed by atoms with Crippen molar-refractivity contribution >= 4 is 28.8 Å². The molecule has 2 heterocycles.